The fraction of sp³-hybridized carbons (Fsp3) is 0.0769. The number of hydrogen-bond donors (Lipinski definition) is 0. The van der Waals surface area contributed by atoms with Crippen LogP contribution in [0, 0.1) is 13.8 Å². The van der Waals surface area contributed by atoms with Crippen LogP contribution in [0.4, 0.5) is 0 Å². The fourth-order valence-electron chi connectivity index (χ4n) is 2.74. The van der Waals surface area contributed by atoms with Crippen molar-refractivity contribution in [3.63, 3.8) is 0 Å². The predicted molar refractivity (Wildman–Crippen MR) is 116 cm³/mol. The van der Waals surface area contributed by atoms with Gasteiger partial charge in [-0.25, -0.2) is 0 Å². The summed E-state index contributed by atoms with van der Waals surface area (Å²) in [5.41, 5.74) is 5.40. The first kappa shape index (κ1) is 19.2. The lowest BCUT2D eigenvalue weighted by Crippen LogP contribution is -1.94. The monoisotopic (exact) mass is 366 g/mol. The van der Waals surface area contributed by atoms with Crippen molar-refractivity contribution in [2.24, 2.45) is 0 Å². The van der Waals surface area contributed by atoms with Crippen LogP contribution in [0.5, 0.6) is 0 Å². The van der Waals surface area contributed by atoms with Crippen LogP contribution in [0.1, 0.15) is 43.0 Å². The van der Waals surface area contributed by atoms with Crippen LogP contribution in [-0.4, -0.2) is 11.6 Å². The van der Waals surface area contributed by atoms with Crippen molar-refractivity contribution in [3.05, 3.63) is 118 Å². The molecule has 3 aromatic carbocycles. The number of aryl methyl sites for hydroxylation is 2. The molecule has 138 valence electrons. The average Bonchev–Trinajstić information content (AvgIpc) is 2.71. The lowest BCUT2D eigenvalue weighted by Gasteiger charge is -1.99. The minimum atomic E-state index is -0.0320. The van der Waals surface area contributed by atoms with E-state index in [9.17, 15) is 9.59 Å². The molecule has 0 bridgehead atoms. The van der Waals surface area contributed by atoms with Gasteiger partial charge in [0.05, 0.1) is 0 Å². The summed E-state index contributed by atoms with van der Waals surface area (Å²) in [6, 6.07) is 22.7. The molecule has 0 aromatic heterocycles. The zero-order chi connectivity index (χ0) is 19.9. The second kappa shape index (κ2) is 8.92. The van der Waals surface area contributed by atoms with Crippen molar-refractivity contribution < 1.29 is 9.59 Å². The maximum Gasteiger partial charge on any atom is 0.185 e. The highest BCUT2D eigenvalue weighted by molar-refractivity contribution is 6.07. The molecule has 0 aliphatic heterocycles. The summed E-state index contributed by atoms with van der Waals surface area (Å²) < 4.78 is 0. The Balaban J connectivity index is 1.69. The van der Waals surface area contributed by atoms with E-state index in [4.69, 9.17) is 0 Å². The fourth-order valence-corrected chi connectivity index (χ4v) is 2.74. The quantitative estimate of drug-likeness (QED) is 0.390. The third kappa shape index (κ3) is 5.24. The third-order valence-electron chi connectivity index (χ3n) is 4.44. The van der Waals surface area contributed by atoms with Crippen LogP contribution in [0.15, 0.2) is 84.9 Å². The van der Waals surface area contributed by atoms with Crippen LogP contribution < -0.4 is 0 Å². The van der Waals surface area contributed by atoms with Gasteiger partial charge in [0.15, 0.2) is 11.6 Å². The number of carbonyl (C=O) groups excluding carboxylic acids is 2. The van der Waals surface area contributed by atoms with Gasteiger partial charge in [0.25, 0.3) is 0 Å². The number of carbonyl (C=O) groups is 2. The average molecular weight is 366 g/mol. The highest BCUT2D eigenvalue weighted by Gasteiger charge is 2.02. The molecular weight excluding hydrogens is 344 g/mol. The molecule has 0 unspecified atom stereocenters. The smallest absolute Gasteiger partial charge is 0.185 e. The Hall–Kier alpha value is -3.52. The predicted octanol–water partition coefficient (Wildman–Crippen LogP) is 6.10. The van der Waals surface area contributed by atoms with E-state index in [0.29, 0.717) is 11.1 Å². The number of ketones is 2. The summed E-state index contributed by atoms with van der Waals surface area (Å²) in [6.45, 7) is 3.99. The number of hydrogen-bond acceptors (Lipinski definition) is 2. The highest BCUT2D eigenvalue weighted by Crippen LogP contribution is 2.12. The Morgan fingerprint density at radius 1 is 0.607 bits per heavy atom. The zero-order valence-corrected chi connectivity index (χ0v) is 16.1. The standard InChI is InChI=1S/C26H22O2/c1-19-6-12-23(13-7-19)25(27)16-10-21-4-3-5-22(18-21)11-17-26(28)24-14-8-20(2)9-15-24/h3-18H,1-2H3/b16-10+,17-11+. The van der Waals surface area contributed by atoms with Crippen LogP contribution in [0.25, 0.3) is 12.2 Å². The highest BCUT2D eigenvalue weighted by atomic mass is 16.1. The molecule has 0 aliphatic rings. The summed E-state index contributed by atoms with van der Waals surface area (Å²) in [7, 11) is 0. The maximum absolute atomic E-state index is 12.3. The van der Waals surface area contributed by atoms with Crippen molar-refractivity contribution >= 4 is 23.7 Å². The van der Waals surface area contributed by atoms with Gasteiger partial charge >= 0.3 is 0 Å². The van der Waals surface area contributed by atoms with Gasteiger partial charge in [-0.05, 0) is 43.2 Å². The molecule has 3 rings (SSSR count). The van der Waals surface area contributed by atoms with Crippen LogP contribution in [-0.2, 0) is 0 Å². The topological polar surface area (TPSA) is 34.1 Å². The summed E-state index contributed by atoms with van der Waals surface area (Å²) in [4.78, 5) is 24.5. The van der Waals surface area contributed by atoms with Gasteiger partial charge in [-0.1, -0.05) is 90.0 Å². The Morgan fingerprint density at radius 2 is 1.00 bits per heavy atom. The lowest BCUT2D eigenvalue weighted by molar-refractivity contribution is 0.103. The molecule has 0 saturated heterocycles. The normalized spacial score (nSPS) is 11.2. The largest absolute Gasteiger partial charge is 0.289 e. The molecule has 28 heavy (non-hydrogen) atoms. The van der Waals surface area contributed by atoms with Crippen molar-refractivity contribution in [3.8, 4) is 0 Å². The van der Waals surface area contributed by atoms with E-state index in [1.54, 1.807) is 24.3 Å². The van der Waals surface area contributed by atoms with Crippen molar-refractivity contribution in [1.29, 1.82) is 0 Å². The van der Waals surface area contributed by atoms with Crippen molar-refractivity contribution in [2.45, 2.75) is 13.8 Å². The molecule has 0 N–H and O–H groups in total. The van der Waals surface area contributed by atoms with E-state index >= 15 is 0 Å². The lowest BCUT2D eigenvalue weighted by atomic mass is 10.0. The van der Waals surface area contributed by atoms with Gasteiger partial charge in [-0.3, -0.25) is 9.59 Å². The summed E-state index contributed by atoms with van der Waals surface area (Å²) in [6.07, 6.45) is 6.73. The first-order chi connectivity index (χ1) is 13.5. The molecule has 2 heteroatoms. The summed E-state index contributed by atoms with van der Waals surface area (Å²) >= 11 is 0. The molecule has 0 saturated carbocycles. The van der Waals surface area contributed by atoms with E-state index in [-0.39, 0.29) is 11.6 Å². The van der Waals surface area contributed by atoms with E-state index in [2.05, 4.69) is 0 Å². The molecule has 0 heterocycles. The molecular formula is C26H22O2. The maximum atomic E-state index is 12.3. The zero-order valence-electron chi connectivity index (χ0n) is 16.1. The molecule has 0 radical (unpaired) electrons. The second-order valence-corrected chi connectivity index (χ2v) is 6.80. The molecule has 0 atom stereocenters. The summed E-state index contributed by atoms with van der Waals surface area (Å²) in [5, 5.41) is 0. The van der Waals surface area contributed by atoms with Gasteiger partial charge in [0.1, 0.15) is 0 Å². The molecule has 2 nitrogen and oxygen atoms in total. The second-order valence-electron chi connectivity index (χ2n) is 6.80. The van der Waals surface area contributed by atoms with E-state index < -0.39 is 0 Å². The summed E-state index contributed by atoms with van der Waals surface area (Å²) in [5.74, 6) is -0.0639. The van der Waals surface area contributed by atoms with E-state index in [1.165, 1.54) is 0 Å². The molecule has 0 aliphatic carbocycles. The van der Waals surface area contributed by atoms with E-state index in [1.807, 2.05) is 86.6 Å². The van der Waals surface area contributed by atoms with Crippen molar-refractivity contribution in [1.82, 2.24) is 0 Å². The molecule has 3 aromatic rings. The Labute approximate surface area is 165 Å². The molecule has 0 fully saturated rings. The SMILES string of the molecule is Cc1ccc(C(=O)/C=C/c2cccc(/C=C/C(=O)c3ccc(C)cc3)c2)cc1. The van der Waals surface area contributed by atoms with Gasteiger partial charge in [0, 0.05) is 11.1 Å². The minimum absolute atomic E-state index is 0.0320. The number of benzene rings is 3. The van der Waals surface area contributed by atoms with Crippen LogP contribution in [0.2, 0.25) is 0 Å². The first-order valence-corrected chi connectivity index (χ1v) is 9.19. The van der Waals surface area contributed by atoms with Gasteiger partial charge in [0.2, 0.25) is 0 Å². The van der Waals surface area contributed by atoms with Crippen LogP contribution in [0.3, 0.4) is 0 Å². The Kier molecular flexibility index (Phi) is 6.13. The van der Waals surface area contributed by atoms with E-state index in [0.717, 1.165) is 22.3 Å². The first-order valence-electron chi connectivity index (χ1n) is 9.19. The van der Waals surface area contributed by atoms with Gasteiger partial charge in [-0.2, -0.15) is 0 Å². The molecule has 0 amide bonds. The van der Waals surface area contributed by atoms with Gasteiger partial charge in [-0.15, -0.1) is 0 Å². The molecule has 0 spiro atoms. The van der Waals surface area contributed by atoms with Gasteiger partial charge < -0.3 is 0 Å². The van der Waals surface area contributed by atoms with Crippen LogP contribution >= 0.6 is 0 Å². The minimum Gasteiger partial charge on any atom is -0.289 e. The Morgan fingerprint density at radius 3 is 1.39 bits per heavy atom. The number of allylic oxidation sites excluding steroid dienone is 2. The Bertz CT molecular complexity index is 954. The van der Waals surface area contributed by atoms with Crippen molar-refractivity contribution in [2.75, 3.05) is 0 Å². The number of rotatable bonds is 6. The third-order valence-corrected chi connectivity index (χ3v) is 4.44.